The molecule has 0 saturated carbocycles. The molecule has 0 aromatic carbocycles. The molecule has 0 bridgehead atoms. The standard InChI is InChI=1S/C8H12O7/c1-13-8(3-9,14-2)6-4(10)5(11)7(12)15-6/h6,9-11H,3H2,1-2H3/t6-/m0/s1. The van der Waals surface area contributed by atoms with Gasteiger partial charge in [-0.15, -0.1) is 0 Å². The fourth-order valence-corrected chi connectivity index (χ4v) is 1.25. The minimum absolute atomic E-state index is 0.657. The van der Waals surface area contributed by atoms with Gasteiger partial charge in [0.2, 0.25) is 17.7 Å². The van der Waals surface area contributed by atoms with Gasteiger partial charge in [0, 0.05) is 14.2 Å². The second-order valence-corrected chi connectivity index (χ2v) is 2.90. The molecule has 1 aliphatic heterocycles. The van der Waals surface area contributed by atoms with Crippen LogP contribution in [0.5, 0.6) is 0 Å². The van der Waals surface area contributed by atoms with E-state index < -0.39 is 36.0 Å². The number of aliphatic hydroxyl groups is 3. The number of carbonyl (C=O) groups is 1. The molecule has 0 spiro atoms. The van der Waals surface area contributed by atoms with Crippen LogP contribution in [-0.2, 0) is 19.0 Å². The molecule has 7 nitrogen and oxygen atoms in total. The van der Waals surface area contributed by atoms with E-state index in [0.717, 1.165) is 0 Å². The van der Waals surface area contributed by atoms with Gasteiger partial charge < -0.3 is 29.5 Å². The lowest BCUT2D eigenvalue weighted by atomic mass is 10.1. The summed E-state index contributed by atoms with van der Waals surface area (Å²) in [7, 11) is 2.41. The molecule has 7 heteroatoms. The summed E-state index contributed by atoms with van der Waals surface area (Å²) in [6.07, 6.45) is -1.38. The maximum atomic E-state index is 10.9. The molecule has 86 valence electrons. The highest BCUT2D eigenvalue weighted by Crippen LogP contribution is 2.30. The van der Waals surface area contributed by atoms with Crippen LogP contribution in [0, 0.1) is 0 Å². The molecule has 15 heavy (non-hydrogen) atoms. The van der Waals surface area contributed by atoms with E-state index in [9.17, 15) is 9.90 Å². The Hall–Kier alpha value is -1.31. The number of esters is 1. The fourth-order valence-electron chi connectivity index (χ4n) is 1.25. The lowest BCUT2D eigenvalue weighted by Crippen LogP contribution is -2.50. The highest BCUT2D eigenvalue weighted by atomic mass is 16.7. The van der Waals surface area contributed by atoms with Crippen LogP contribution in [0.1, 0.15) is 0 Å². The van der Waals surface area contributed by atoms with Gasteiger partial charge in [0.15, 0.2) is 5.76 Å². The van der Waals surface area contributed by atoms with E-state index in [-0.39, 0.29) is 0 Å². The Bertz CT molecular complexity index is 283. The van der Waals surface area contributed by atoms with E-state index in [1.165, 1.54) is 14.2 Å². The monoisotopic (exact) mass is 220 g/mol. The van der Waals surface area contributed by atoms with Gasteiger partial charge >= 0.3 is 5.97 Å². The number of aliphatic hydroxyl groups excluding tert-OH is 3. The Morgan fingerprint density at radius 3 is 2.20 bits per heavy atom. The highest BCUT2D eigenvalue weighted by Gasteiger charge is 2.51. The molecule has 1 atom stereocenters. The van der Waals surface area contributed by atoms with Crippen molar-refractivity contribution in [1.82, 2.24) is 0 Å². The average molecular weight is 220 g/mol. The quantitative estimate of drug-likeness (QED) is 0.421. The lowest BCUT2D eigenvalue weighted by molar-refractivity contribution is -0.271. The summed E-state index contributed by atoms with van der Waals surface area (Å²) >= 11 is 0. The van der Waals surface area contributed by atoms with Gasteiger partial charge in [0.1, 0.15) is 6.61 Å². The molecule has 0 radical (unpaired) electrons. The van der Waals surface area contributed by atoms with E-state index in [1.54, 1.807) is 0 Å². The fraction of sp³-hybridized carbons (Fsp3) is 0.625. The molecule has 0 aromatic rings. The Labute approximate surface area is 85.5 Å². The zero-order chi connectivity index (χ0) is 11.6. The van der Waals surface area contributed by atoms with Crippen molar-refractivity contribution in [3.05, 3.63) is 11.5 Å². The molecule has 0 aromatic heterocycles. The minimum Gasteiger partial charge on any atom is -0.505 e. The Morgan fingerprint density at radius 1 is 1.40 bits per heavy atom. The smallest absolute Gasteiger partial charge is 0.378 e. The predicted molar refractivity (Wildman–Crippen MR) is 46.0 cm³/mol. The molecular weight excluding hydrogens is 208 g/mol. The van der Waals surface area contributed by atoms with Gasteiger partial charge in [-0.3, -0.25) is 0 Å². The molecule has 3 N–H and O–H groups in total. The first-order valence-electron chi connectivity index (χ1n) is 4.06. The zero-order valence-electron chi connectivity index (χ0n) is 8.26. The van der Waals surface area contributed by atoms with Crippen LogP contribution in [0.4, 0.5) is 0 Å². The topological polar surface area (TPSA) is 105 Å². The van der Waals surface area contributed by atoms with Crippen molar-refractivity contribution < 1.29 is 34.3 Å². The van der Waals surface area contributed by atoms with Crippen molar-refractivity contribution in [2.24, 2.45) is 0 Å². The van der Waals surface area contributed by atoms with Crippen LogP contribution < -0.4 is 0 Å². The predicted octanol–water partition coefficient (Wildman–Crippen LogP) is -0.779. The average Bonchev–Trinajstić information content (AvgIpc) is 2.51. The Balaban J connectivity index is 3.03. The van der Waals surface area contributed by atoms with Crippen LogP contribution in [0.25, 0.3) is 0 Å². The maximum absolute atomic E-state index is 10.9. The van der Waals surface area contributed by atoms with Crippen LogP contribution in [-0.4, -0.2) is 54.0 Å². The summed E-state index contributed by atoms with van der Waals surface area (Å²) < 4.78 is 14.3. The van der Waals surface area contributed by atoms with E-state index in [1.807, 2.05) is 0 Å². The van der Waals surface area contributed by atoms with Crippen molar-refractivity contribution in [2.45, 2.75) is 11.9 Å². The van der Waals surface area contributed by atoms with E-state index >= 15 is 0 Å². The Kier molecular flexibility index (Phi) is 3.18. The van der Waals surface area contributed by atoms with Crippen molar-refractivity contribution in [1.29, 1.82) is 0 Å². The number of hydrogen-bond acceptors (Lipinski definition) is 7. The molecule has 1 aliphatic rings. The van der Waals surface area contributed by atoms with Gasteiger partial charge in [-0.25, -0.2) is 4.79 Å². The number of rotatable bonds is 4. The number of cyclic esters (lactones) is 1. The van der Waals surface area contributed by atoms with Crippen molar-refractivity contribution in [2.75, 3.05) is 20.8 Å². The van der Waals surface area contributed by atoms with Crippen molar-refractivity contribution in [3.63, 3.8) is 0 Å². The SMILES string of the molecule is COC(CO)(OC)[C@H]1OC(=O)C(O)=C1O. The van der Waals surface area contributed by atoms with Gasteiger partial charge in [-0.2, -0.15) is 0 Å². The molecule has 1 heterocycles. The Morgan fingerprint density at radius 2 is 1.93 bits per heavy atom. The molecule has 0 saturated heterocycles. The zero-order valence-corrected chi connectivity index (χ0v) is 8.26. The summed E-state index contributed by atoms with van der Waals surface area (Å²) in [5, 5.41) is 27.5. The second-order valence-electron chi connectivity index (χ2n) is 2.90. The van der Waals surface area contributed by atoms with E-state index in [0.29, 0.717) is 0 Å². The van der Waals surface area contributed by atoms with Crippen LogP contribution in [0.2, 0.25) is 0 Å². The first-order chi connectivity index (χ1) is 7.02. The molecule has 0 amide bonds. The maximum Gasteiger partial charge on any atom is 0.378 e. The molecule has 0 aliphatic carbocycles. The summed E-state index contributed by atoms with van der Waals surface area (Å²) in [5.74, 6) is -4.45. The number of hydrogen-bond donors (Lipinski definition) is 3. The molecule has 1 rings (SSSR count). The lowest BCUT2D eigenvalue weighted by Gasteiger charge is -2.32. The summed E-state index contributed by atoms with van der Waals surface area (Å²) in [5.41, 5.74) is 0. The largest absolute Gasteiger partial charge is 0.505 e. The van der Waals surface area contributed by atoms with Gasteiger partial charge in [-0.05, 0) is 0 Å². The van der Waals surface area contributed by atoms with Crippen LogP contribution in [0.3, 0.4) is 0 Å². The first kappa shape index (κ1) is 11.8. The molecule has 0 fully saturated rings. The van der Waals surface area contributed by atoms with E-state index in [2.05, 4.69) is 4.74 Å². The summed E-state index contributed by atoms with van der Waals surface area (Å²) in [6, 6.07) is 0. The van der Waals surface area contributed by atoms with Gasteiger partial charge in [-0.1, -0.05) is 0 Å². The number of methoxy groups -OCH3 is 2. The summed E-state index contributed by atoms with van der Waals surface area (Å²) in [6.45, 7) is -0.657. The number of carbonyl (C=O) groups excluding carboxylic acids is 1. The summed E-state index contributed by atoms with van der Waals surface area (Å²) in [4.78, 5) is 10.9. The number of ether oxygens (including phenoxy) is 3. The van der Waals surface area contributed by atoms with Gasteiger partial charge in [0.05, 0.1) is 0 Å². The third-order valence-electron chi connectivity index (χ3n) is 2.22. The molecular formula is C8H12O7. The van der Waals surface area contributed by atoms with Crippen LogP contribution >= 0.6 is 0 Å². The third-order valence-corrected chi connectivity index (χ3v) is 2.22. The highest BCUT2D eigenvalue weighted by molar-refractivity contribution is 5.89. The first-order valence-corrected chi connectivity index (χ1v) is 4.06. The third kappa shape index (κ3) is 1.65. The van der Waals surface area contributed by atoms with Crippen LogP contribution in [0.15, 0.2) is 11.5 Å². The van der Waals surface area contributed by atoms with Gasteiger partial charge in [0.25, 0.3) is 0 Å². The van der Waals surface area contributed by atoms with Crippen molar-refractivity contribution in [3.8, 4) is 0 Å². The normalized spacial score (nSPS) is 22.1. The van der Waals surface area contributed by atoms with E-state index in [4.69, 9.17) is 19.7 Å². The molecule has 0 unspecified atom stereocenters. The van der Waals surface area contributed by atoms with Crippen molar-refractivity contribution >= 4 is 5.97 Å². The minimum atomic E-state index is -1.72. The second kappa shape index (κ2) is 4.05.